The lowest BCUT2D eigenvalue weighted by molar-refractivity contribution is 0.295. The SMILES string of the molecule is CCN(CC)CCC(c1ccccc1)c1cccs1. The molecule has 0 saturated heterocycles. The summed E-state index contributed by atoms with van der Waals surface area (Å²) in [5.41, 5.74) is 1.44. The van der Waals surface area contributed by atoms with E-state index in [1.807, 2.05) is 11.3 Å². The molecule has 1 heterocycles. The monoisotopic (exact) mass is 273 g/mol. The Morgan fingerprint density at radius 3 is 2.32 bits per heavy atom. The smallest absolute Gasteiger partial charge is 0.0196 e. The molecule has 1 unspecified atom stereocenters. The second-order valence-corrected chi connectivity index (χ2v) is 5.77. The van der Waals surface area contributed by atoms with Gasteiger partial charge in [0.1, 0.15) is 0 Å². The van der Waals surface area contributed by atoms with Crippen LogP contribution in [-0.2, 0) is 0 Å². The highest BCUT2D eigenvalue weighted by atomic mass is 32.1. The van der Waals surface area contributed by atoms with Gasteiger partial charge in [0.25, 0.3) is 0 Å². The van der Waals surface area contributed by atoms with E-state index in [-0.39, 0.29) is 0 Å². The van der Waals surface area contributed by atoms with Crippen molar-refractivity contribution in [2.45, 2.75) is 26.2 Å². The van der Waals surface area contributed by atoms with Gasteiger partial charge in [-0.05, 0) is 43.1 Å². The fourth-order valence-corrected chi connectivity index (χ4v) is 3.39. The largest absolute Gasteiger partial charge is 0.304 e. The number of nitrogens with zero attached hydrogens (tertiary/aromatic N) is 1. The number of benzene rings is 1. The maximum absolute atomic E-state index is 2.50. The van der Waals surface area contributed by atoms with Crippen molar-refractivity contribution in [3.05, 3.63) is 58.3 Å². The molecule has 0 aliphatic heterocycles. The molecular formula is C17H23NS. The molecule has 2 rings (SSSR count). The van der Waals surface area contributed by atoms with Crippen molar-refractivity contribution in [3.8, 4) is 0 Å². The van der Waals surface area contributed by atoms with E-state index in [2.05, 4.69) is 66.6 Å². The molecule has 0 amide bonds. The lowest BCUT2D eigenvalue weighted by Crippen LogP contribution is -2.25. The summed E-state index contributed by atoms with van der Waals surface area (Å²) < 4.78 is 0. The summed E-state index contributed by atoms with van der Waals surface area (Å²) >= 11 is 1.87. The normalized spacial score (nSPS) is 12.8. The lowest BCUT2D eigenvalue weighted by Gasteiger charge is -2.22. The van der Waals surface area contributed by atoms with Crippen molar-refractivity contribution in [2.75, 3.05) is 19.6 Å². The highest BCUT2D eigenvalue weighted by molar-refractivity contribution is 7.10. The van der Waals surface area contributed by atoms with Crippen LogP contribution >= 0.6 is 11.3 Å². The van der Waals surface area contributed by atoms with Gasteiger partial charge in [0.2, 0.25) is 0 Å². The molecule has 1 aromatic carbocycles. The topological polar surface area (TPSA) is 3.24 Å². The molecule has 1 nitrogen and oxygen atoms in total. The predicted octanol–water partition coefficient (Wildman–Crippen LogP) is 4.61. The molecule has 0 saturated carbocycles. The van der Waals surface area contributed by atoms with E-state index in [4.69, 9.17) is 0 Å². The zero-order valence-electron chi connectivity index (χ0n) is 11.9. The van der Waals surface area contributed by atoms with E-state index in [1.165, 1.54) is 23.4 Å². The molecule has 1 aromatic heterocycles. The molecule has 0 radical (unpaired) electrons. The van der Waals surface area contributed by atoms with Crippen LogP contribution in [0.1, 0.15) is 36.6 Å². The molecule has 2 heteroatoms. The highest BCUT2D eigenvalue weighted by Crippen LogP contribution is 2.31. The predicted molar refractivity (Wildman–Crippen MR) is 85.0 cm³/mol. The molecule has 1 atom stereocenters. The zero-order chi connectivity index (χ0) is 13.5. The summed E-state index contributed by atoms with van der Waals surface area (Å²) in [6, 6.07) is 15.3. The fourth-order valence-electron chi connectivity index (χ4n) is 2.50. The first kappa shape index (κ1) is 14.3. The van der Waals surface area contributed by atoms with Crippen LogP contribution in [0.5, 0.6) is 0 Å². The van der Waals surface area contributed by atoms with Crippen molar-refractivity contribution in [2.24, 2.45) is 0 Å². The summed E-state index contributed by atoms with van der Waals surface area (Å²) in [7, 11) is 0. The first-order valence-electron chi connectivity index (χ1n) is 7.15. The standard InChI is InChI=1S/C17H23NS/c1-3-18(4-2)13-12-16(17-11-8-14-19-17)15-9-6-5-7-10-15/h5-11,14,16H,3-4,12-13H2,1-2H3. The first-order valence-corrected chi connectivity index (χ1v) is 8.03. The van der Waals surface area contributed by atoms with E-state index >= 15 is 0 Å². The Kier molecular flexibility index (Phi) is 5.62. The molecule has 0 N–H and O–H groups in total. The first-order chi connectivity index (χ1) is 9.35. The molecule has 0 spiro atoms. The van der Waals surface area contributed by atoms with Crippen molar-refractivity contribution in [1.82, 2.24) is 4.90 Å². The van der Waals surface area contributed by atoms with Crippen LogP contribution in [0.25, 0.3) is 0 Å². The van der Waals surface area contributed by atoms with Gasteiger partial charge in [-0.3, -0.25) is 0 Å². The minimum absolute atomic E-state index is 0.543. The molecule has 0 aliphatic carbocycles. The van der Waals surface area contributed by atoms with Gasteiger partial charge in [0.05, 0.1) is 0 Å². The third-order valence-corrected chi connectivity index (χ3v) is 4.70. The summed E-state index contributed by atoms with van der Waals surface area (Å²) in [6.45, 7) is 7.94. The van der Waals surface area contributed by atoms with Crippen molar-refractivity contribution < 1.29 is 0 Å². The fraction of sp³-hybridized carbons (Fsp3) is 0.412. The quantitative estimate of drug-likeness (QED) is 0.712. The van der Waals surface area contributed by atoms with Crippen molar-refractivity contribution >= 4 is 11.3 Å². The van der Waals surface area contributed by atoms with Gasteiger partial charge in [0.15, 0.2) is 0 Å². The van der Waals surface area contributed by atoms with Gasteiger partial charge in [-0.1, -0.05) is 50.2 Å². The third-order valence-electron chi connectivity index (χ3n) is 3.72. The number of hydrogen-bond donors (Lipinski definition) is 0. The molecular weight excluding hydrogens is 250 g/mol. The summed E-state index contributed by atoms with van der Waals surface area (Å²) in [5.74, 6) is 0.543. The Balaban J connectivity index is 2.12. The summed E-state index contributed by atoms with van der Waals surface area (Å²) in [4.78, 5) is 3.99. The Labute approximate surface area is 120 Å². The third kappa shape index (κ3) is 3.92. The van der Waals surface area contributed by atoms with Crippen molar-refractivity contribution in [3.63, 3.8) is 0 Å². The molecule has 2 aromatic rings. The lowest BCUT2D eigenvalue weighted by atomic mass is 9.94. The second-order valence-electron chi connectivity index (χ2n) is 4.79. The van der Waals surface area contributed by atoms with E-state index < -0.39 is 0 Å². The van der Waals surface area contributed by atoms with Crippen LogP contribution in [0.15, 0.2) is 47.8 Å². The van der Waals surface area contributed by atoms with E-state index in [0.717, 1.165) is 13.1 Å². The van der Waals surface area contributed by atoms with E-state index in [1.54, 1.807) is 0 Å². The maximum atomic E-state index is 2.50. The van der Waals surface area contributed by atoms with Crippen LogP contribution in [-0.4, -0.2) is 24.5 Å². The minimum atomic E-state index is 0.543. The number of hydrogen-bond acceptors (Lipinski definition) is 2. The van der Waals surface area contributed by atoms with Gasteiger partial charge in [-0.15, -0.1) is 11.3 Å². The Morgan fingerprint density at radius 1 is 1.00 bits per heavy atom. The summed E-state index contributed by atoms with van der Waals surface area (Å²) in [5, 5.41) is 2.18. The van der Waals surface area contributed by atoms with Gasteiger partial charge < -0.3 is 4.90 Å². The number of rotatable bonds is 7. The van der Waals surface area contributed by atoms with E-state index in [9.17, 15) is 0 Å². The van der Waals surface area contributed by atoms with E-state index in [0.29, 0.717) is 5.92 Å². The van der Waals surface area contributed by atoms with Crippen LogP contribution in [0.3, 0.4) is 0 Å². The zero-order valence-corrected chi connectivity index (χ0v) is 12.7. The van der Waals surface area contributed by atoms with Crippen LogP contribution in [0, 0.1) is 0 Å². The average molecular weight is 273 g/mol. The highest BCUT2D eigenvalue weighted by Gasteiger charge is 2.15. The summed E-state index contributed by atoms with van der Waals surface area (Å²) in [6.07, 6.45) is 1.20. The number of thiophene rings is 1. The molecule has 0 fully saturated rings. The van der Waals surface area contributed by atoms with Crippen LogP contribution in [0.4, 0.5) is 0 Å². The van der Waals surface area contributed by atoms with Crippen LogP contribution < -0.4 is 0 Å². The van der Waals surface area contributed by atoms with Crippen LogP contribution in [0.2, 0.25) is 0 Å². The average Bonchev–Trinajstić information content (AvgIpc) is 2.99. The van der Waals surface area contributed by atoms with Gasteiger partial charge in [-0.25, -0.2) is 0 Å². The van der Waals surface area contributed by atoms with Crippen molar-refractivity contribution in [1.29, 1.82) is 0 Å². The Morgan fingerprint density at radius 2 is 1.74 bits per heavy atom. The molecule has 102 valence electrons. The second kappa shape index (κ2) is 7.46. The van der Waals surface area contributed by atoms with Gasteiger partial charge >= 0.3 is 0 Å². The Bertz CT molecular complexity index is 445. The minimum Gasteiger partial charge on any atom is -0.304 e. The molecule has 0 aliphatic rings. The maximum Gasteiger partial charge on any atom is 0.0196 e. The Hall–Kier alpha value is -1.12. The molecule has 19 heavy (non-hydrogen) atoms. The molecule has 0 bridgehead atoms. The van der Waals surface area contributed by atoms with Gasteiger partial charge in [0, 0.05) is 10.8 Å². The van der Waals surface area contributed by atoms with Gasteiger partial charge in [-0.2, -0.15) is 0 Å².